The van der Waals surface area contributed by atoms with Gasteiger partial charge in [-0.15, -0.1) is 6.42 Å². The molecule has 0 fully saturated rings. The molecule has 0 saturated heterocycles. The molecule has 3 aromatic rings. The zero-order valence-electron chi connectivity index (χ0n) is 16.8. The van der Waals surface area contributed by atoms with Gasteiger partial charge in [0.2, 0.25) is 0 Å². The third kappa shape index (κ3) is 2.21. The van der Waals surface area contributed by atoms with Crippen LogP contribution in [0.2, 0.25) is 0 Å². The first-order chi connectivity index (χ1) is 14.0. The van der Waals surface area contributed by atoms with Crippen LogP contribution in [0.1, 0.15) is 33.4 Å². The normalized spacial score (nSPS) is 12.6. The molecule has 0 amide bonds. The van der Waals surface area contributed by atoms with Gasteiger partial charge in [-0.2, -0.15) is 5.26 Å². The molecule has 0 aromatic heterocycles. The number of hydrogen-bond donors (Lipinski definition) is 0. The number of nitrogens with zero attached hydrogens (tertiary/aromatic N) is 1. The Labute approximate surface area is 171 Å². The number of fused-ring (bicyclic) bond motifs is 4. The Bertz CT molecular complexity index is 1310. The molecule has 2 heterocycles. The molecule has 0 atom stereocenters. The first kappa shape index (κ1) is 17.5. The van der Waals surface area contributed by atoms with E-state index in [0.29, 0.717) is 5.56 Å². The van der Waals surface area contributed by atoms with Gasteiger partial charge in [0.25, 0.3) is 6.71 Å². The SMILES string of the molecule is C#Cc1ccc2c(c1C)Oc1c(C)c(C)cc3c1B2c1ccc(C#N)c(C)c1O3. The molecule has 2 aliphatic heterocycles. The predicted molar refractivity (Wildman–Crippen MR) is 116 cm³/mol. The predicted octanol–water partition coefficient (Wildman–Crippen LogP) is 3.50. The molecule has 0 radical (unpaired) electrons. The number of nitriles is 1. The van der Waals surface area contributed by atoms with Crippen LogP contribution >= 0.6 is 0 Å². The molecule has 5 rings (SSSR count). The van der Waals surface area contributed by atoms with Crippen molar-refractivity contribution < 1.29 is 9.47 Å². The van der Waals surface area contributed by atoms with E-state index in [4.69, 9.17) is 15.9 Å². The summed E-state index contributed by atoms with van der Waals surface area (Å²) in [6, 6.07) is 12.3. The van der Waals surface area contributed by atoms with Gasteiger partial charge < -0.3 is 9.47 Å². The van der Waals surface area contributed by atoms with Crippen molar-refractivity contribution in [3.05, 3.63) is 63.7 Å². The molecular weight excluding hydrogens is 357 g/mol. The van der Waals surface area contributed by atoms with E-state index in [9.17, 15) is 5.26 Å². The lowest BCUT2D eigenvalue weighted by atomic mass is 9.34. The van der Waals surface area contributed by atoms with Crippen molar-refractivity contribution in [2.45, 2.75) is 27.7 Å². The second kappa shape index (κ2) is 5.93. The molecular formula is C25H18BNO2. The summed E-state index contributed by atoms with van der Waals surface area (Å²) in [7, 11) is 0. The first-order valence-electron chi connectivity index (χ1n) is 9.59. The number of rotatable bonds is 0. The van der Waals surface area contributed by atoms with Crippen molar-refractivity contribution in [1.29, 1.82) is 5.26 Å². The molecule has 3 aromatic carbocycles. The van der Waals surface area contributed by atoms with Gasteiger partial charge >= 0.3 is 0 Å². The molecule has 0 bridgehead atoms. The quantitative estimate of drug-likeness (QED) is 0.307. The van der Waals surface area contributed by atoms with Crippen molar-refractivity contribution in [3.8, 4) is 41.4 Å². The highest BCUT2D eigenvalue weighted by atomic mass is 16.5. The van der Waals surface area contributed by atoms with E-state index in [1.807, 2.05) is 32.0 Å². The van der Waals surface area contributed by atoms with Gasteiger partial charge in [-0.25, -0.2) is 0 Å². The second-order valence-corrected chi connectivity index (χ2v) is 7.77. The van der Waals surface area contributed by atoms with Crippen LogP contribution in [0.3, 0.4) is 0 Å². The van der Waals surface area contributed by atoms with Crippen molar-refractivity contribution in [3.63, 3.8) is 0 Å². The van der Waals surface area contributed by atoms with Crippen LogP contribution in [0, 0.1) is 51.4 Å². The molecule has 0 aliphatic carbocycles. The third-order valence-electron chi connectivity index (χ3n) is 6.27. The summed E-state index contributed by atoms with van der Waals surface area (Å²) in [5, 5.41) is 9.48. The zero-order valence-corrected chi connectivity index (χ0v) is 16.8. The van der Waals surface area contributed by atoms with E-state index in [2.05, 4.69) is 38.0 Å². The molecule has 29 heavy (non-hydrogen) atoms. The van der Waals surface area contributed by atoms with E-state index in [1.54, 1.807) is 0 Å². The first-order valence-corrected chi connectivity index (χ1v) is 9.59. The number of benzene rings is 3. The fraction of sp³-hybridized carbons (Fsp3) is 0.160. The minimum atomic E-state index is -0.0243. The van der Waals surface area contributed by atoms with Crippen LogP contribution in [0.4, 0.5) is 0 Å². The summed E-state index contributed by atoms with van der Waals surface area (Å²) in [6.45, 7) is 8.06. The average molecular weight is 375 g/mol. The van der Waals surface area contributed by atoms with Gasteiger partial charge in [0.15, 0.2) is 0 Å². The lowest BCUT2D eigenvalue weighted by Gasteiger charge is -2.35. The van der Waals surface area contributed by atoms with Crippen molar-refractivity contribution in [2.75, 3.05) is 0 Å². The highest BCUT2D eigenvalue weighted by Gasteiger charge is 2.42. The number of terminal acetylenes is 1. The molecule has 4 heteroatoms. The summed E-state index contributed by atoms with van der Waals surface area (Å²) in [5.74, 6) is 5.99. The van der Waals surface area contributed by atoms with Crippen molar-refractivity contribution in [1.82, 2.24) is 0 Å². The molecule has 2 aliphatic rings. The smallest absolute Gasteiger partial charge is 0.260 e. The van der Waals surface area contributed by atoms with Crippen LogP contribution in [0.5, 0.6) is 23.0 Å². The van der Waals surface area contributed by atoms with Crippen molar-refractivity contribution in [2.24, 2.45) is 0 Å². The van der Waals surface area contributed by atoms with E-state index in [-0.39, 0.29) is 6.71 Å². The summed E-state index contributed by atoms with van der Waals surface area (Å²) >= 11 is 0. The molecule has 3 nitrogen and oxygen atoms in total. The zero-order chi connectivity index (χ0) is 20.4. The van der Waals surface area contributed by atoms with Crippen LogP contribution in [0.15, 0.2) is 30.3 Å². The molecule has 0 unspecified atom stereocenters. The Morgan fingerprint density at radius 3 is 2.10 bits per heavy atom. The topological polar surface area (TPSA) is 42.2 Å². The molecule has 0 saturated carbocycles. The van der Waals surface area contributed by atoms with E-state index >= 15 is 0 Å². The van der Waals surface area contributed by atoms with Gasteiger partial charge in [0, 0.05) is 22.2 Å². The van der Waals surface area contributed by atoms with Crippen LogP contribution in [0.25, 0.3) is 0 Å². The van der Waals surface area contributed by atoms with Crippen LogP contribution in [-0.2, 0) is 0 Å². The fourth-order valence-electron chi connectivity index (χ4n) is 4.48. The Morgan fingerprint density at radius 1 is 0.828 bits per heavy atom. The van der Waals surface area contributed by atoms with Gasteiger partial charge in [-0.1, -0.05) is 18.1 Å². The molecule has 138 valence electrons. The Morgan fingerprint density at radius 2 is 1.45 bits per heavy atom. The van der Waals surface area contributed by atoms with Gasteiger partial charge in [-0.3, -0.25) is 0 Å². The number of ether oxygens (including phenoxy) is 2. The van der Waals surface area contributed by atoms with Gasteiger partial charge in [-0.05, 0) is 67.9 Å². The average Bonchev–Trinajstić information content (AvgIpc) is 2.72. The lowest BCUT2D eigenvalue weighted by Crippen LogP contribution is -2.58. The maximum Gasteiger partial charge on any atom is 0.260 e. The highest BCUT2D eigenvalue weighted by Crippen LogP contribution is 2.40. The summed E-state index contributed by atoms with van der Waals surface area (Å²) < 4.78 is 12.8. The third-order valence-corrected chi connectivity index (χ3v) is 6.27. The van der Waals surface area contributed by atoms with E-state index in [0.717, 1.165) is 67.2 Å². The minimum absolute atomic E-state index is 0.0243. The standard InChI is InChI=1S/C25H18BNO2/c1-6-17-7-9-20-24(15(17)4)29-25-14(3)13(2)11-21-22(25)26(20)19-10-8-18(12-27)16(5)23(19)28-21/h1,7-11H,2-5H3. The number of hydrogen-bond acceptors (Lipinski definition) is 3. The maximum atomic E-state index is 9.48. The Balaban J connectivity index is 1.90. The minimum Gasteiger partial charge on any atom is -0.458 e. The lowest BCUT2D eigenvalue weighted by molar-refractivity contribution is 0.457. The van der Waals surface area contributed by atoms with E-state index < -0.39 is 0 Å². The summed E-state index contributed by atoms with van der Waals surface area (Å²) in [4.78, 5) is 0. The largest absolute Gasteiger partial charge is 0.458 e. The Kier molecular flexibility index (Phi) is 3.58. The Hall–Kier alpha value is -3.63. The monoisotopic (exact) mass is 375 g/mol. The highest BCUT2D eigenvalue weighted by molar-refractivity contribution is 6.98. The fourth-order valence-corrected chi connectivity index (χ4v) is 4.48. The second-order valence-electron chi connectivity index (χ2n) is 7.77. The maximum absolute atomic E-state index is 9.48. The van der Waals surface area contributed by atoms with Crippen LogP contribution < -0.4 is 25.9 Å². The molecule has 0 spiro atoms. The van der Waals surface area contributed by atoms with Gasteiger partial charge in [0.05, 0.1) is 11.6 Å². The van der Waals surface area contributed by atoms with Gasteiger partial charge in [0.1, 0.15) is 23.0 Å². The van der Waals surface area contributed by atoms with E-state index in [1.165, 1.54) is 0 Å². The summed E-state index contributed by atoms with van der Waals surface area (Å²) in [5.41, 5.74) is 8.67. The molecule has 0 N–H and O–H groups in total. The number of aryl methyl sites for hydroxylation is 1. The van der Waals surface area contributed by atoms with Crippen molar-refractivity contribution >= 4 is 23.1 Å². The summed E-state index contributed by atoms with van der Waals surface area (Å²) in [6.07, 6.45) is 5.71. The van der Waals surface area contributed by atoms with Crippen LogP contribution in [-0.4, -0.2) is 6.71 Å².